The summed E-state index contributed by atoms with van der Waals surface area (Å²) < 4.78 is 0. The van der Waals surface area contributed by atoms with Crippen LogP contribution < -0.4 is 0 Å². The molecular weight excluding hydrogens is 174 g/mol. The van der Waals surface area contributed by atoms with Crippen molar-refractivity contribution in [3.05, 3.63) is 11.8 Å². The highest BCUT2D eigenvalue weighted by Crippen LogP contribution is 2.34. The van der Waals surface area contributed by atoms with E-state index < -0.39 is 0 Å². The van der Waals surface area contributed by atoms with Gasteiger partial charge < -0.3 is 4.90 Å². The molecule has 0 atom stereocenters. The fourth-order valence-electron chi connectivity index (χ4n) is 2.61. The SMILES string of the molecule is CC1CC(CN(C)C2=CC(=O)CC2)C1. The van der Waals surface area contributed by atoms with Crippen molar-refractivity contribution in [2.45, 2.75) is 32.6 Å². The van der Waals surface area contributed by atoms with Gasteiger partial charge in [-0.15, -0.1) is 0 Å². The van der Waals surface area contributed by atoms with E-state index in [4.69, 9.17) is 0 Å². The van der Waals surface area contributed by atoms with Crippen molar-refractivity contribution in [1.82, 2.24) is 4.90 Å². The van der Waals surface area contributed by atoms with E-state index in [0.29, 0.717) is 5.78 Å². The Morgan fingerprint density at radius 1 is 1.43 bits per heavy atom. The number of carbonyl (C=O) groups excluding carboxylic acids is 1. The largest absolute Gasteiger partial charge is 0.377 e. The molecule has 0 N–H and O–H groups in total. The van der Waals surface area contributed by atoms with E-state index in [1.807, 2.05) is 6.08 Å². The first kappa shape index (κ1) is 9.75. The lowest BCUT2D eigenvalue weighted by molar-refractivity contribution is -0.114. The molecule has 2 nitrogen and oxygen atoms in total. The van der Waals surface area contributed by atoms with Crippen LogP contribution in [0.4, 0.5) is 0 Å². The van der Waals surface area contributed by atoms with Gasteiger partial charge in [-0.2, -0.15) is 0 Å². The molecule has 0 aromatic rings. The molecule has 0 radical (unpaired) electrons. The van der Waals surface area contributed by atoms with Crippen LogP contribution in [-0.4, -0.2) is 24.3 Å². The summed E-state index contributed by atoms with van der Waals surface area (Å²) in [5.74, 6) is 2.09. The fraction of sp³-hybridized carbons (Fsp3) is 0.750. The molecular formula is C12H19NO. The van der Waals surface area contributed by atoms with Crippen molar-refractivity contribution in [1.29, 1.82) is 0 Å². The van der Waals surface area contributed by atoms with Crippen LogP contribution in [0.1, 0.15) is 32.6 Å². The Labute approximate surface area is 86.0 Å². The van der Waals surface area contributed by atoms with Crippen LogP contribution in [0.15, 0.2) is 11.8 Å². The molecule has 0 aromatic carbocycles. The number of hydrogen-bond donors (Lipinski definition) is 0. The first-order chi connectivity index (χ1) is 6.65. The third-order valence-corrected chi connectivity index (χ3v) is 3.45. The van der Waals surface area contributed by atoms with E-state index in [1.165, 1.54) is 18.5 Å². The van der Waals surface area contributed by atoms with Gasteiger partial charge in [-0.25, -0.2) is 0 Å². The maximum absolute atomic E-state index is 11.1. The van der Waals surface area contributed by atoms with Gasteiger partial charge in [0.25, 0.3) is 0 Å². The quantitative estimate of drug-likeness (QED) is 0.685. The van der Waals surface area contributed by atoms with Crippen molar-refractivity contribution < 1.29 is 4.79 Å². The number of carbonyl (C=O) groups is 1. The average molecular weight is 193 g/mol. The van der Waals surface area contributed by atoms with Crippen molar-refractivity contribution in [2.75, 3.05) is 13.6 Å². The van der Waals surface area contributed by atoms with E-state index in [1.54, 1.807) is 0 Å². The van der Waals surface area contributed by atoms with Crippen LogP contribution >= 0.6 is 0 Å². The maximum Gasteiger partial charge on any atom is 0.157 e. The smallest absolute Gasteiger partial charge is 0.157 e. The van der Waals surface area contributed by atoms with Crippen LogP contribution in [0.2, 0.25) is 0 Å². The number of rotatable bonds is 3. The Morgan fingerprint density at radius 3 is 2.64 bits per heavy atom. The third kappa shape index (κ3) is 1.99. The van der Waals surface area contributed by atoms with Crippen LogP contribution in [-0.2, 0) is 4.79 Å². The Hall–Kier alpha value is -0.790. The van der Waals surface area contributed by atoms with Gasteiger partial charge in [0.1, 0.15) is 0 Å². The van der Waals surface area contributed by atoms with Crippen LogP contribution in [0, 0.1) is 11.8 Å². The predicted molar refractivity (Wildman–Crippen MR) is 56.8 cm³/mol. The Balaban J connectivity index is 1.81. The zero-order chi connectivity index (χ0) is 10.1. The van der Waals surface area contributed by atoms with E-state index in [2.05, 4.69) is 18.9 Å². The number of allylic oxidation sites excluding steroid dienone is 2. The van der Waals surface area contributed by atoms with Crippen molar-refractivity contribution in [3.63, 3.8) is 0 Å². The van der Waals surface area contributed by atoms with Gasteiger partial charge in [-0.05, 0) is 31.1 Å². The van der Waals surface area contributed by atoms with Gasteiger partial charge in [0.05, 0.1) is 0 Å². The van der Waals surface area contributed by atoms with Gasteiger partial charge >= 0.3 is 0 Å². The summed E-state index contributed by atoms with van der Waals surface area (Å²) in [7, 11) is 2.12. The van der Waals surface area contributed by atoms with Gasteiger partial charge in [0, 0.05) is 31.8 Å². The lowest BCUT2D eigenvalue weighted by Crippen LogP contribution is -2.32. The molecule has 0 unspecified atom stereocenters. The Morgan fingerprint density at radius 2 is 2.14 bits per heavy atom. The number of hydrogen-bond acceptors (Lipinski definition) is 2. The normalized spacial score (nSPS) is 31.3. The number of ketones is 1. The van der Waals surface area contributed by atoms with E-state index in [0.717, 1.165) is 31.2 Å². The molecule has 1 saturated carbocycles. The summed E-state index contributed by atoms with van der Waals surface area (Å²) in [5, 5.41) is 0. The highest BCUT2D eigenvalue weighted by molar-refractivity contribution is 5.92. The molecule has 14 heavy (non-hydrogen) atoms. The highest BCUT2D eigenvalue weighted by Gasteiger charge is 2.27. The minimum atomic E-state index is 0.300. The molecule has 0 aliphatic heterocycles. The molecule has 2 aliphatic carbocycles. The minimum absolute atomic E-state index is 0.300. The second-order valence-corrected chi connectivity index (χ2v) is 4.93. The van der Waals surface area contributed by atoms with Gasteiger partial charge in [0.2, 0.25) is 0 Å². The van der Waals surface area contributed by atoms with E-state index in [9.17, 15) is 4.79 Å². The predicted octanol–water partition coefficient (Wildman–Crippen LogP) is 2.21. The molecule has 0 aromatic heterocycles. The zero-order valence-electron chi connectivity index (χ0n) is 9.12. The Kier molecular flexibility index (Phi) is 2.62. The highest BCUT2D eigenvalue weighted by atomic mass is 16.1. The van der Waals surface area contributed by atoms with E-state index in [-0.39, 0.29) is 0 Å². The molecule has 0 amide bonds. The second kappa shape index (κ2) is 3.76. The molecule has 2 heteroatoms. The molecule has 0 saturated heterocycles. The van der Waals surface area contributed by atoms with Gasteiger partial charge in [0.15, 0.2) is 5.78 Å². The van der Waals surface area contributed by atoms with Crippen molar-refractivity contribution in [3.8, 4) is 0 Å². The standard InChI is InChI=1S/C12H19NO/c1-9-5-10(6-9)8-13(2)11-3-4-12(14)7-11/h7,9-10H,3-6,8H2,1-2H3. The first-order valence-corrected chi connectivity index (χ1v) is 5.59. The van der Waals surface area contributed by atoms with Crippen molar-refractivity contribution in [2.24, 2.45) is 11.8 Å². The summed E-state index contributed by atoms with van der Waals surface area (Å²) in [6.07, 6.45) is 6.23. The molecule has 78 valence electrons. The summed E-state index contributed by atoms with van der Waals surface area (Å²) in [6, 6.07) is 0. The first-order valence-electron chi connectivity index (χ1n) is 5.59. The summed E-state index contributed by atoms with van der Waals surface area (Å²) >= 11 is 0. The summed E-state index contributed by atoms with van der Waals surface area (Å²) in [4.78, 5) is 13.4. The zero-order valence-corrected chi connectivity index (χ0v) is 9.12. The average Bonchev–Trinajstić information content (AvgIpc) is 2.49. The van der Waals surface area contributed by atoms with Crippen LogP contribution in [0.25, 0.3) is 0 Å². The van der Waals surface area contributed by atoms with Crippen LogP contribution in [0.5, 0.6) is 0 Å². The maximum atomic E-state index is 11.1. The molecule has 0 heterocycles. The summed E-state index contributed by atoms with van der Waals surface area (Å²) in [5.41, 5.74) is 1.24. The number of nitrogens with zero attached hydrogens (tertiary/aromatic N) is 1. The fourth-order valence-corrected chi connectivity index (χ4v) is 2.61. The molecule has 2 aliphatic rings. The monoisotopic (exact) mass is 193 g/mol. The van der Waals surface area contributed by atoms with Crippen molar-refractivity contribution >= 4 is 5.78 Å². The van der Waals surface area contributed by atoms with Crippen LogP contribution in [0.3, 0.4) is 0 Å². The molecule has 0 bridgehead atoms. The van der Waals surface area contributed by atoms with Gasteiger partial charge in [-0.3, -0.25) is 4.79 Å². The van der Waals surface area contributed by atoms with Gasteiger partial charge in [-0.1, -0.05) is 6.92 Å². The molecule has 1 fully saturated rings. The lowest BCUT2D eigenvalue weighted by atomic mass is 9.76. The topological polar surface area (TPSA) is 20.3 Å². The molecule has 2 rings (SSSR count). The van der Waals surface area contributed by atoms with E-state index >= 15 is 0 Å². The lowest BCUT2D eigenvalue weighted by Gasteiger charge is -2.36. The third-order valence-electron chi connectivity index (χ3n) is 3.45. The molecule has 0 spiro atoms. The Bertz CT molecular complexity index is 263. The summed E-state index contributed by atoms with van der Waals surface area (Å²) in [6.45, 7) is 3.46. The minimum Gasteiger partial charge on any atom is -0.377 e. The second-order valence-electron chi connectivity index (χ2n) is 4.93.